The molecule has 0 atom stereocenters. The van der Waals surface area contributed by atoms with E-state index in [2.05, 4.69) is 70.6 Å². The quantitative estimate of drug-likeness (QED) is 0.703. The number of nitrogens with one attached hydrogen (secondary N) is 1. The number of amides is 1. The molecule has 2 aliphatic rings. The van der Waals surface area contributed by atoms with Crippen LogP contribution in [0.25, 0.3) is 0 Å². The van der Waals surface area contributed by atoms with Crippen LogP contribution in [0, 0.1) is 12.8 Å². The van der Waals surface area contributed by atoms with E-state index in [-0.39, 0.29) is 11.8 Å². The highest BCUT2D eigenvalue weighted by Crippen LogP contribution is 2.26. The van der Waals surface area contributed by atoms with E-state index in [1.807, 2.05) is 0 Å². The average molecular weight is 406 g/mol. The van der Waals surface area contributed by atoms with Crippen molar-refractivity contribution in [3.8, 4) is 0 Å². The molecule has 2 heterocycles. The third kappa shape index (κ3) is 5.42. The lowest BCUT2D eigenvalue weighted by molar-refractivity contribution is -0.126. The summed E-state index contributed by atoms with van der Waals surface area (Å²) in [6.07, 6.45) is 5.36. The molecule has 0 aromatic heterocycles. The van der Waals surface area contributed by atoms with Gasteiger partial charge in [0.05, 0.1) is 0 Å². The van der Waals surface area contributed by atoms with Gasteiger partial charge in [0, 0.05) is 37.8 Å². The smallest absolute Gasteiger partial charge is 0.223 e. The lowest BCUT2D eigenvalue weighted by Gasteiger charge is -2.32. The fourth-order valence-electron chi connectivity index (χ4n) is 4.89. The monoisotopic (exact) mass is 405 g/mol. The minimum Gasteiger partial charge on any atom is -0.371 e. The molecule has 1 N–H and O–H groups in total. The van der Waals surface area contributed by atoms with Crippen molar-refractivity contribution in [3.05, 3.63) is 65.2 Å². The minimum atomic E-state index is 0.175. The van der Waals surface area contributed by atoms with E-state index in [4.69, 9.17) is 0 Å². The Morgan fingerprint density at radius 3 is 2.73 bits per heavy atom. The first-order chi connectivity index (χ1) is 14.7. The van der Waals surface area contributed by atoms with E-state index in [1.54, 1.807) is 0 Å². The Balaban J connectivity index is 1.15. The van der Waals surface area contributed by atoms with E-state index in [0.29, 0.717) is 0 Å². The van der Waals surface area contributed by atoms with Crippen LogP contribution in [0.2, 0.25) is 0 Å². The molecular weight excluding hydrogens is 370 g/mol. The zero-order chi connectivity index (χ0) is 20.8. The van der Waals surface area contributed by atoms with Crippen LogP contribution in [0.3, 0.4) is 0 Å². The molecule has 2 aliphatic heterocycles. The lowest BCUT2D eigenvalue weighted by atomic mass is 9.95. The van der Waals surface area contributed by atoms with Crippen LogP contribution >= 0.6 is 0 Å². The van der Waals surface area contributed by atoms with Crippen molar-refractivity contribution in [3.63, 3.8) is 0 Å². The van der Waals surface area contributed by atoms with E-state index < -0.39 is 0 Å². The molecule has 0 radical (unpaired) electrons. The summed E-state index contributed by atoms with van der Waals surface area (Å²) in [6, 6.07) is 17.5. The number of rotatable bonds is 7. The first-order valence-corrected chi connectivity index (χ1v) is 11.6. The maximum Gasteiger partial charge on any atom is 0.223 e. The number of aryl methyl sites for hydroxylation is 2. The number of nitrogens with zero attached hydrogens (tertiary/aromatic N) is 2. The van der Waals surface area contributed by atoms with Gasteiger partial charge in [-0.1, -0.05) is 48.0 Å². The summed E-state index contributed by atoms with van der Waals surface area (Å²) in [5.74, 6) is 0.429. The van der Waals surface area contributed by atoms with E-state index >= 15 is 0 Å². The second-order valence-electron chi connectivity index (χ2n) is 8.90. The summed E-state index contributed by atoms with van der Waals surface area (Å²) in [6.45, 7) is 8.09. The van der Waals surface area contributed by atoms with Crippen LogP contribution < -0.4 is 10.2 Å². The van der Waals surface area contributed by atoms with E-state index in [9.17, 15) is 4.79 Å². The van der Waals surface area contributed by atoms with Gasteiger partial charge < -0.3 is 10.2 Å². The van der Waals surface area contributed by atoms with Crippen molar-refractivity contribution in [1.82, 2.24) is 10.2 Å². The fourth-order valence-corrected chi connectivity index (χ4v) is 4.89. The standard InChI is InChI=1S/C26H35N3O/c1-21-7-4-8-22(19-21)20-28-17-12-24(13-18-28)26(30)27-14-6-16-29-15-5-10-23-9-2-3-11-25(23)29/h2-4,7-9,11,19,24H,5-6,10,12-18,20H2,1H3,(H,27,30). The first kappa shape index (κ1) is 20.9. The number of carbonyl (C=O) groups excluding carboxylic acids is 1. The summed E-state index contributed by atoms with van der Waals surface area (Å²) in [5, 5.41) is 3.20. The molecule has 4 nitrogen and oxygen atoms in total. The Kier molecular flexibility index (Phi) is 7.06. The molecule has 30 heavy (non-hydrogen) atoms. The van der Waals surface area contributed by atoms with Crippen LogP contribution in [0.5, 0.6) is 0 Å². The fraction of sp³-hybridized carbons (Fsp3) is 0.500. The number of piperidine rings is 1. The van der Waals surface area contributed by atoms with Gasteiger partial charge in [0.1, 0.15) is 0 Å². The molecule has 0 spiro atoms. The maximum absolute atomic E-state index is 12.6. The topological polar surface area (TPSA) is 35.6 Å². The minimum absolute atomic E-state index is 0.175. The van der Waals surface area contributed by atoms with Crippen LogP contribution in [-0.2, 0) is 17.8 Å². The first-order valence-electron chi connectivity index (χ1n) is 11.6. The van der Waals surface area contributed by atoms with Gasteiger partial charge in [-0.2, -0.15) is 0 Å². The molecule has 0 saturated carbocycles. The second kappa shape index (κ2) is 10.1. The summed E-state index contributed by atoms with van der Waals surface area (Å²) in [5.41, 5.74) is 5.54. The van der Waals surface area contributed by atoms with Crippen LogP contribution in [-0.4, -0.2) is 43.5 Å². The number of carbonyl (C=O) groups is 1. The number of hydrogen-bond acceptors (Lipinski definition) is 3. The number of benzene rings is 2. The summed E-state index contributed by atoms with van der Waals surface area (Å²) < 4.78 is 0. The van der Waals surface area contributed by atoms with Gasteiger partial charge in [-0.15, -0.1) is 0 Å². The Morgan fingerprint density at radius 1 is 1.07 bits per heavy atom. The van der Waals surface area contributed by atoms with Gasteiger partial charge in [-0.05, 0) is 69.3 Å². The maximum atomic E-state index is 12.6. The number of fused-ring (bicyclic) bond motifs is 1. The average Bonchev–Trinajstić information content (AvgIpc) is 2.77. The molecule has 1 fully saturated rings. The lowest BCUT2D eigenvalue weighted by Crippen LogP contribution is -2.41. The van der Waals surface area contributed by atoms with Crippen LogP contribution in [0.1, 0.15) is 42.4 Å². The Bertz CT molecular complexity index is 842. The Morgan fingerprint density at radius 2 is 1.90 bits per heavy atom. The van der Waals surface area contributed by atoms with Crippen molar-refractivity contribution in [1.29, 1.82) is 0 Å². The molecule has 0 aliphatic carbocycles. The predicted molar refractivity (Wildman–Crippen MR) is 124 cm³/mol. The molecular formula is C26H35N3O. The number of anilines is 1. The summed E-state index contributed by atoms with van der Waals surface area (Å²) >= 11 is 0. The van der Waals surface area contributed by atoms with Crippen molar-refractivity contribution in [2.24, 2.45) is 5.92 Å². The van der Waals surface area contributed by atoms with Gasteiger partial charge in [-0.25, -0.2) is 0 Å². The second-order valence-corrected chi connectivity index (χ2v) is 8.90. The predicted octanol–water partition coefficient (Wildman–Crippen LogP) is 4.17. The van der Waals surface area contributed by atoms with Crippen molar-refractivity contribution in [2.75, 3.05) is 37.6 Å². The Hall–Kier alpha value is -2.33. The summed E-state index contributed by atoms with van der Waals surface area (Å²) in [4.78, 5) is 17.6. The van der Waals surface area contributed by atoms with Gasteiger partial charge in [0.25, 0.3) is 0 Å². The largest absolute Gasteiger partial charge is 0.371 e. The van der Waals surface area contributed by atoms with E-state index in [1.165, 1.54) is 35.2 Å². The van der Waals surface area contributed by atoms with Gasteiger partial charge in [0.2, 0.25) is 5.91 Å². The van der Waals surface area contributed by atoms with Gasteiger partial charge >= 0.3 is 0 Å². The van der Waals surface area contributed by atoms with Crippen LogP contribution in [0.15, 0.2) is 48.5 Å². The van der Waals surface area contributed by atoms with Crippen LogP contribution in [0.4, 0.5) is 5.69 Å². The Labute approximate surface area is 181 Å². The molecule has 160 valence electrons. The number of hydrogen-bond donors (Lipinski definition) is 1. The highest BCUT2D eigenvalue weighted by atomic mass is 16.1. The zero-order valence-corrected chi connectivity index (χ0v) is 18.3. The van der Waals surface area contributed by atoms with Gasteiger partial charge in [-0.3, -0.25) is 9.69 Å². The molecule has 0 bridgehead atoms. The van der Waals surface area contributed by atoms with Gasteiger partial charge in [0.15, 0.2) is 0 Å². The third-order valence-electron chi connectivity index (χ3n) is 6.56. The normalized spacial score (nSPS) is 17.6. The molecule has 1 saturated heterocycles. The SMILES string of the molecule is Cc1cccc(CN2CCC(C(=O)NCCCN3CCCc4ccccc43)CC2)c1. The summed E-state index contributed by atoms with van der Waals surface area (Å²) in [7, 11) is 0. The number of likely N-dealkylation sites (tertiary alicyclic amines) is 1. The molecule has 2 aromatic rings. The molecule has 1 amide bonds. The molecule has 4 rings (SSSR count). The molecule has 0 unspecified atom stereocenters. The van der Waals surface area contributed by atoms with E-state index in [0.717, 1.165) is 58.5 Å². The third-order valence-corrected chi connectivity index (χ3v) is 6.56. The van der Waals surface area contributed by atoms with Crippen molar-refractivity contribution >= 4 is 11.6 Å². The number of para-hydroxylation sites is 1. The highest BCUT2D eigenvalue weighted by molar-refractivity contribution is 5.78. The van der Waals surface area contributed by atoms with Crippen molar-refractivity contribution in [2.45, 2.75) is 45.6 Å². The zero-order valence-electron chi connectivity index (χ0n) is 18.3. The molecule has 4 heteroatoms. The van der Waals surface area contributed by atoms with Crippen molar-refractivity contribution < 1.29 is 4.79 Å². The highest BCUT2D eigenvalue weighted by Gasteiger charge is 2.24. The molecule has 2 aromatic carbocycles.